The van der Waals surface area contributed by atoms with E-state index in [0.29, 0.717) is 6.42 Å². The maximum atomic E-state index is 12.2. The molecule has 1 aliphatic rings. The van der Waals surface area contributed by atoms with E-state index in [0.717, 1.165) is 0 Å². The van der Waals surface area contributed by atoms with Gasteiger partial charge < -0.3 is 9.47 Å². The Morgan fingerprint density at radius 3 is 2.60 bits per heavy atom. The SMILES string of the molecule is CCCC(=O)OCC1COC1C(F)(F)F. The van der Waals surface area contributed by atoms with Crippen molar-refractivity contribution in [1.29, 1.82) is 0 Å². The molecule has 0 aromatic carbocycles. The quantitative estimate of drug-likeness (QED) is 0.687. The number of rotatable bonds is 4. The van der Waals surface area contributed by atoms with Crippen LogP contribution in [0.5, 0.6) is 0 Å². The topological polar surface area (TPSA) is 35.5 Å². The summed E-state index contributed by atoms with van der Waals surface area (Å²) in [6, 6.07) is 0. The molecule has 0 amide bonds. The average Bonchev–Trinajstić information content (AvgIpc) is 1.99. The lowest BCUT2D eigenvalue weighted by molar-refractivity contribution is -0.293. The number of ether oxygens (including phenoxy) is 2. The Bertz CT molecular complexity index is 227. The van der Waals surface area contributed by atoms with Gasteiger partial charge in [0.25, 0.3) is 0 Å². The lowest BCUT2D eigenvalue weighted by Gasteiger charge is -2.37. The number of hydrogen-bond acceptors (Lipinski definition) is 3. The van der Waals surface area contributed by atoms with Gasteiger partial charge in [-0.1, -0.05) is 6.92 Å². The lowest BCUT2D eigenvalue weighted by atomic mass is 9.98. The molecule has 3 nitrogen and oxygen atoms in total. The third-order valence-electron chi connectivity index (χ3n) is 2.15. The average molecular weight is 226 g/mol. The van der Waals surface area contributed by atoms with Crippen molar-refractivity contribution < 1.29 is 27.4 Å². The van der Waals surface area contributed by atoms with Crippen molar-refractivity contribution in [2.45, 2.75) is 32.0 Å². The van der Waals surface area contributed by atoms with Crippen LogP contribution >= 0.6 is 0 Å². The molecular weight excluding hydrogens is 213 g/mol. The second-order valence-electron chi connectivity index (χ2n) is 3.49. The summed E-state index contributed by atoms with van der Waals surface area (Å²) in [6.45, 7) is 1.60. The molecular formula is C9H13F3O3. The van der Waals surface area contributed by atoms with E-state index in [1.165, 1.54) is 0 Å². The fourth-order valence-corrected chi connectivity index (χ4v) is 1.30. The van der Waals surface area contributed by atoms with E-state index >= 15 is 0 Å². The minimum Gasteiger partial charge on any atom is -0.465 e. The minimum absolute atomic E-state index is 0.00355. The van der Waals surface area contributed by atoms with Gasteiger partial charge in [-0.2, -0.15) is 13.2 Å². The van der Waals surface area contributed by atoms with Crippen molar-refractivity contribution >= 4 is 5.97 Å². The maximum absolute atomic E-state index is 12.2. The first-order valence-electron chi connectivity index (χ1n) is 4.79. The molecule has 2 atom stereocenters. The lowest BCUT2D eigenvalue weighted by Crippen LogP contribution is -2.51. The van der Waals surface area contributed by atoms with Crippen molar-refractivity contribution in [3.05, 3.63) is 0 Å². The summed E-state index contributed by atoms with van der Waals surface area (Å²) in [6.07, 6.45) is -5.26. The van der Waals surface area contributed by atoms with Gasteiger partial charge in [-0.15, -0.1) is 0 Å². The zero-order chi connectivity index (χ0) is 11.5. The third kappa shape index (κ3) is 3.37. The summed E-state index contributed by atoms with van der Waals surface area (Å²) in [5, 5.41) is 0. The van der Waals surface area contributed by atoms with E-state index in [9.17, 15) is 18.0 Å². The summed E-state index contributed by atoms with van der Waals surface area (Å²) in [4.78, 5) is 10.9. The van der Waals surface area contributed by atoms with Crippen LogP contribution in [0.15, 0.2) is 0 Å². The van der Waals surface area contributed by atoms with Gasteiger partial charge in [0.05, 0.1) is 19.1 Å². The normalized spacial score (nSPS) is 25.9. The molecule has 1 heterocycles. The monoisotopic (exact) mass is 226 g/mol. The summed E-state index contributed by atoms with van der Waals surface area (Å²) in [7, 11) is 0. The minimum atomic E-state index is -4.36. The molecule has 0 spiro atoms. The van der Waals surface area contributed by atoms with Crippen LogP contribution in [0.2, 0.25) is 0 Å². The molecule has 0 bridgehead atoms. The summed E-state index contributed by atoms with van der Waals surface area (Å²) < 4.78 is 45.6. The number of hydrogen-bond donors (Lipinski definition) is 0. The molecule has 88 valence electrons. The number of alkyl halides is 3. The standard InChI is InChI=1S/C9H13F3O3/c1-2-3-7(13)14-4-6-5-15-8(6)9(10,11)12/h6,8H,2-5H2,1H3. The highest BCUT2D eigenvalue weighted by Crippen LogP contribution is 2.35. The first-order chi connectivity index (χ1) is 6.95. The van der Waals surface area contributed by atoms with Crippen LogP contribution in [0.4, 0.5) is 13.2 Å². The number of carbonyl (C=O) groups is 1. The molecule has 1 fully saturated rings. The van der Waals surface area contributed by atoms with Crippen molar-refractivity contribution in [3.8, 4) is 0 Å². The largest absolute Gasteiger partial charge is 0.465 e. The zero-order valence-corrected chi connectivity index (χ0v) is 8.34. The van der Waals surface area contributed by atoms with Crippen molar-refractivity contribution in [2.75, 3.05) is 13.2 Å². The van der Waals surface area contributed by atoms with Gasteiger partial charge in [-0.25, -0.2) is 0 Å². The Hall–Kier alpha value is -0.780. The van der Waals surface area contributed by atoms with Crippen LogP contribution in [0.25, 0.3) is 0 Å². The Morgan fingerprint density at radius 1 is 1.53 bits per heavy atom. The Morgan fingerprint density at radius 2 is 2.20 bits per heavy atom. The highest BCUT2D eigenvalue weighted by atomic mass is 19.4. The van der Waals surface area contributed by atoms with Crippen LogP contribution in [-0.2, 0) is 14.3 Å². The van der Waals surface area contributed by atoms with Gasteiger partial charge in [0, 0.05) is 6.42 Å². The number of esters is 1. The van der Waals surface area contributed by atoms with Crippen molar-refractivity contribution in [2.24, 2.45) is 5.92 Å². The van der Waals surface area contributed by atoms with Crippen LogP contribution in [-0.4, -0.2) is 31.5 Å². The van der Waals surface area contributed by atoms with E-state index in [-0.39, 0.29) is 19.6 Å². The van der Waals surface area contributed by atoms with Gasteiger partial charge in [0.2, 0.25) is 0 Å². The van der Waals surface area contributed by atoms with Gasteiger partial charge in [-0.3, -0.25) is 4.79 Å². The molecule has 15 heavy (non-hydrogen) atoms. The van der Waals surface area contributed by atoms with Gasteiger partial charge in [-0.05, 0) is 6.42 Å². The van der Waals surface area contributed by atoms with Crippen LogP contribution in [0.1, 0.15) is 19.8 Å². The zero-order valence-electron chi connectivity index (χ0n) is 8.34. The summed E-state index contributed by atoms with van der Waals surface area (Å²) in [5.41, 5.74) is 0. The van der Waals surface area contributed by atoms with Gasteiger partial charge in [0.1, 0.15) is 0 Å². The molecule has 1 saturated heterocycles. The fraction of sp³-hybridized carbons (Fsp3) is 0.889. The molecule has 1 rings (SSSR count). The van der Waals surface area contributed by atoms with E-state index < -0.39 is 24.2 Å². The highest BCUT2D eigenvalue weighted by molar-refractivity contribution is 5.69. The van der Waals surface area contributed by atoms with Crippen LogP contribution < -0.4 is 0 Å². The molecule has 0 N–H and O–H groups in total. The molecule has 0 aromatic rings. The predicted octanol–water partition coefficient (Wildman–Crippen LogP) is 1.91. The molecule has 0 aliphatic carbocycles. The second-order valence-corrected chi connectivity index (χ2v) is 3.49. The van der Waals surface area contributed by atoms with Crippen LogP contribution in [0.3, 0.4) is 0 Å². The molecule has 2 unspecified atom stereocenters. The van der Waals surface area contributed by atoms with Crippen LogP contribution in [0, 0.1) is 5.92 Å². The third-order valence-corrected chi connectivity index (χ3v) is 2.15. The molecule has 0 radical (unpaired) electrons. The van der Waals surface area contributed by atoms with Crippen molar-refractivity contribution in [3.63, 3.8) is 0 Å². The smallest absolute Gasteiger partial charge is 0.415 e. The van der Waals surface area contributed by atoms with E-state index in [1.807, 2.05) is 0 Å². The fourth-order valence-electron chi connectivity index (χ4n) is 1.30. The van der Waals surface area contributed by atoms with Gasteiger partial charge >= 0.3 is 12.1 Å². The second kappa shape index (κ2) is 4.83. The maximum Gasteiger partial charge on any atom is 0.415 e. The Balaban J connectivity index is 2.26. The molecule has 0 aromatic heterocycles. The molecule has 6 heteroatoms. The molecule has 1 aliphatic heterocycles. The van der Waals surface area contributed by atoms with E-state index in [1.54, 1.807) is 6.92 Å². The summed E-state index contributed by atoms with van der Waals surface area (Å²) in [5.74, 6) is -1.20. The molecule has 0 saturated carbocycles. The summed E-state index contributed by atoms with van der Waals surface area (Å²) >= 11 is 0. The van der Waals surface area contributed by atoms with E-state index in [2.05, 4.69) is 4.74 Å². The Labute approximate surface area is 85.5 Å². The van der Waals surface area contributed by atoms with Crippen molar-refractivity contribution in [1.82, 2.24) is 0 Å². The number of carbonyl (C=O) groups excluding carboxylic acids is 1. The first-order valence-corrected chi connectivity index (χ1v) is 4.79. The first kappa shape index (κ1) is 12.3. The van der Waals surface area contributed by atoms with Gasteiger partial charge in [0.15, 0.2) is 6.10 Å². The van der Waals surface area contributed by atoms with E-state index in [4.69, 9.17) is 4.74 Å². The predicted molar refractivity (Wildman–Crippen MR) is 45.2 cm³/mol. The number of halogens is 3. The Kier molecular flexibility index (Phi) is 3.96. The highest BCUT2D eigenvalue weighted by Gasteiger charge is 2.52.